The molecular formula is C19H21N5O5S. The molecule has 0 aliphatic heterocycles. The Kier molecular flexibility index (Phi) is 6.80. The predicted octanol–water partition coefficient (Wildman–Crippen LogP) is 1.18. The number of carboxylic acid groups (broad SMARTS) is 1. The molecule has 0 heterocycles. The van der Waals surface area contributed by atoms with Crippen LogP contribution in [0, 0.1) is 5.41 Å². The largest absolute Gasteiger partial charge is 0.480 e. The third kappa shape index (κ3) is 4.10. The minimum Gasteiger partial charge on any atom is -0.480 e. The second-order valence-corrected chi connectivity index (χ2v) is 8.29. The van der Waals surface area contributed by atoms with Crippen LogP contribution in [-0.2, 0) is 24.2 Å². The fourth-order valence-corrected chi connectivity index (χ4v) is 5.05. The van der Waals surface area contributed by atoms with E-state index < -0.39 is 32.9 Å². The van der Waals surface area contributed by atoms with E-state index in [2.05, 4.69) is 10.6 Å². The van der Waals surface area contributed by atoms with Crippen LogP contribution in [0.15, 0.2) is 65.7 Å². The normalized spacial score (nSPS) is 13.3. The number of guanidine groups is 1. The van der Waals surface area contributed by atoms with Crippen molar-refractivity contribution in [3.05, 3.63) is 66.4 Å². The van der Waals surface area contributed by atoms with Crippen LogP contribution in [0.5, 0.6) is 0 Å². The number of nitrogens with two attached hydrogens (primary N) is 2. The van der Waals surface area contributed by atoms with E-state index in [1.165, 1.54) is 54.6 Å². The standard InChI is InChI=1S/C19H21N5O5S/c20-10-4-9-19(17(26)27,13-5-3-6-14(11-13)24-18(21)22)30(28,29)16-8-2-1-7-15(16)23-12-25/h1-8,10-12H,9,20H2,(H,23,25)(H,26,27)(H4,21,22,24). The molecule has 0 saturated carbocycles. The molecule has 1 unspecified atom stereocenters. The van der Waals surface area contributed by atoms with Crippen LogP contribution in [0.1, 0.15) is 12.0 Å². The number of carbonyl (C=O) groups is 2. The topological polar surface area (TPSA) is 188 Å². The first-order valence-corrected chi connectivity index (χ1v) is 10.0. The maximum atomic E-state index is 13.7. The molecule has 0 bridgehead atoms. The molecule has 1 atom stereocenters. The zero-order valence-electron chi connectivity index (χ0n) is 15.7. The smallest absolute Gasteiger partial charge is 0.330 e. The van der Waals surface area contributed by atoms with Gasteiger partial charge in [-0.05, 0) is 36.0 Å². The van der Waals surface area contributed by atoms with Gasteiger partial charge in [0.1, 0.15) is 0 Å². The number of anilines is 2. The number of rotatable bonds is 9. The Bertz CT molecular complexity index is 1100. The van der Waals surface area contributed by atoms with Crippen LogP contribution in [0.25, 0.3) is 0 Å². The van der Waals surface area contributed by atoms with Gasteiger partial charge in [0.2, 0.25) is 21.0 Å². The SMILES string of the molecule is N=C(N)Nc1cccc(C(CC=CN)(C(=O)O)S(=O)(=O)c2ccccc2NC=O)c1. The lowest BCUT2D eigenvalue weighted by Gasteiger charge is -2.30. The second-order valence-electron chi connectivity index (χ2n) is 6.15. The van der Waals surface area contributed by atoms with E-state index in [4.69, 9.17) is 16.9 Å². The van der Waals surface area contributed by atoms with Gasteiger partial charge in [-0.2, -0.15) is 0 Å². The first kappa shape index (κ1) is 22.4. The summed E-state index contributed by atoms with van der Waals surface area (Å²) in [6.45, 7) is 0. The van der Waals surface area contributed by atoms with E-state index in [0.717, 1.165) is 6.20 Å². The molecule has 11 heteroatoms. The molecule has 30 heavy (non-hydrogen) atoms. The predicted molar refractivity (Wildman–Crippen MR) is 113 cm³/mol. The van der Waals surface area contributed by atoms with Crippen LogP contribution in [0.3, 0.4) is 0 Å². The van der Waals surface area contributed by atoms with Gasteiger partial charge in [0.05, 0.1) is 10.6 Å². The van der Waals surface area contributed by atoms with E-state index in [-0.39, 0.29) is 21.8 Å². The van der Waals surface area contributed by atoms with Crippen molar-refractivity contribution >= 4 is 39.6 Å². The average Bonchev–Trinajstić information content (AvgIpc) is 2.68. The maximum Gasteiger partial charge on any atom is 0.330 e. The van der Waals surface area contributed by atoms with E-state index in [0.29, 0.717) is 6.41 Å². The lowest BCUT2D eigenvalue weighted by molar-refractivity contribution is -0.140. The fourth-order valence-electron chi connectivity index (χ4n) is 3.02. The van der Waals surface area contributed by atoms with Crippen LogP contribution in [0.4, 0.5) is 11.4 Å². The molecule has 0 fully saturated rings. The van der Waals surface area contributed by atoms with Crippen molar-refractivity contribution in [1.29, 1.82) is 5.41 Å². The molecule has 0 radical (unpaired) electrons. The zero-order valence-corrected chi connectivity index (χ0v) is 16.5. The van der Waals surface area contributed by atoms with Crippen molar-refractivity contribution in [1.82, 2.24) is 0 Å². The highest BCUT2D eigenvalue weighted by Crippen LogP contribution is 2.42. The highest BCUT2D eigenvalue weighted by molar-refractivity contribution is 7.93. The molecule has 0 aliphatic carbocycles. The van der Waals surface area contributed by atoms with E-state index in [1.807, 2.05) is 0 Å². The second kappa shape index (κ2) is 9.09. The highest BCUT2D eigenvalue weighted by atomic mass is 32.2. The molecule has 1 amide bonds. The molecule has 2 aromatic carbocycles. The molecule has 0 aliphatic rings. The number of carboxylic acids is 1. The minimum atomic E-state index is -4.63. The Morgan fingerprint density at radius 2 is 1.90 bits per heavy atom. The molecule has 10 nitrogen and oxygen atoms in total. The summed E-state index contributed by atoms with van der Waals surface area (Å²) in [5, 5.41) is 22.3. The third-order valence-corrected chi connectivity index (χ3v) is 6.77. The molecular weight excluding hydrogens is 410 g/mol. The molecule has 0 spiro atoms. The molecule has 2 aromatic rings. The van der Waals surface area contributed by atoms with Crippen molar-refractivity contribution in [3.63, 3.8) is 0 Å². The summed E-state index contributed by atoms with van der Waals surface area (Å²) in [6, 6.07) is 11.1. The first-order chi connectivity index (χ1) is 14.2. The summed E-state index contributed by atoms with van der Waals surface area (Å²) < 4.78 is 25.0. The number of sulfone groups is 1. The van der Waals surface area contributed by atoms with Gasteiger partial charge in [-0.1, -0.05) is 30.3 Å². The van der Waals surface area contributed by atoms with Gasteiger partial charge in [-0.25, -0.2) is 8.42 Å². The zero-order chi connectivity index (χ0) is 22.4. The quantitative estimate of drug-likeness (QED) is 0.194. The maximum absolute atomic E-state index is 13.7. The molecule has 2 rings (SSSR count). The van der Waals surface area contributed by atoms with Crippen molar-refractivity contribution < 1.29 is 23.1 Å². The van der Waals surface area contributed by atoms with Gasteiger partial charge < -0.3 is 27.2 Å². The van der Waals surface area contributed by atoms with Gasteiger partial charge in [0, 0.05) is 12.1 Å². The number of benzene rings is 2. The van der Waals surface area contributed by atoms with Gasteiger partial charge in [0.25, 0.3) is 0 Å². The summed E-state index contributed by atoms with van der Waals surface area (Å²) in [4.78, 5) is 23.1. The number of aliphatic carboxylic acids is 1. The lowest BCUT2D eigenvalue weighted by Crippen LogP contribution is -2.43. The van der Waals surface area contributed by atoms with Gasteiger partial charge >= 0.3 is 5.97 Å². The van der Waals surface area contributed by atoms with Crippen molar-refractivity contribution in [2.24, 2.45) is 11.5 Å². The van der Waals surface area contributed by atoms with E-state index in [1.54, 1.807) is 0 Å². The van der Waals surface area contributed by atoms with Gasteiger partial charge in [-0.15, -0.1) is 0 Å². The Hall–Kier alpha value is -3.86. The highest BCUT2D eigenvalue weighted by Gasteiger charge is 2.53. The van der Waals surface area contributed by atoms with E-state index in [9.17, 15) is 23.1 Å². The number of nitrogens with one attached hydrogen (secondary N) is 3. The Morgan fingerprint density at radius 1 is 1.20 bits per heavy atom. The Morgan fingerprint density at radius 3 is 2.50 bits per heavy atom. The monoisotopic (exact) mass is 431 g/mol. The van der Waals surface area contributed by atoms with E-state index >= 15 is 0 Å². The molecule has 0 aromatic heterocycles. The molecule has 0 saturated heterocycles. The van der Waals surface area contributed by atoms with Gasteiger partial charge in [-0.3, -0.25) is 15.0 Å². The first-order valence-electron chi connectivity index (χ1n) is 8.56. The Labute approximate surface area is 173 Å². The number of hydrogen-bond acceptors (Lipinski definition) is 6. The number of allylic oxidation sites excluding steroid dienone is 1. The van der Waals surface area contributed by atoms with Crippen LogP contribution in [0.2, 0.25) is 0 Å². The van der Waals surface area contributed by atoms with Crippen LogP contribution >= 0.6 is 0 Å². The minimum absolute atomic E-state index is 0.0622. The van der Waals surface area contributed by atoms with Crippen molar-refractivity contribution in [3.8, 4) is 0 Å². The van der Waals surface area contributed by atoms with Crippen LogP contribution < -0.4 is 22.1 Å². The molecule has 158 valence electrons. The fraction of sp³-hybridized carbons (Fsp3) is 0.105. The Balaban J connectivity index is 2.86. The van der Waals surface area contributed by atoms with Crippen molar-refractivity contribution in [2.45, 2.75) is 16.1 Å². The number of hydrogen-bond donors (Lipinski definition) is 6. The summed E-state index contributed by atoms with van der Waals surface area (Å²) in [5.74, 6) is -2.04. The van der Waals surface area contributed by atoms with Gasteiger partial charge in [0.15, 0.2) is 5.96 Å². The number of amides is 1. The average molecular weight is 431 g/mol. The van der Waals surface area contributed by atoms with Crippen LogP contribution in [-0.4, -0.2) is 31.9 Å². The lowest BCUT2D eigenvalue weighted by atomic mass is 9.94. The molecule has 8 N–H and O–H groups in total. The third-order valence-electron chi connectivity index (χ3n) is 4.34. The summed E-state index contributed by atoms with van der Waals surface area (Å²) >= 11 is 0. The number of para-hydroxylation sites is 1. The van der Waals surface area contributed by atoms with Crippen molar-refractivity contribution in [2.75, 3.05) is 10.6 Å². The summed E-state index contributed by atoms with van der Waals surface area (Å²) in [5.41, 5.74) is 10.8. The number of carbonyl (C=O) groups excluding carboxylic acids is 1. The summed E-state index contributed by atoms with van der Waals surface area (Å²) in [7, 11) is -4.63. The summed E-state index contributed by atoms with van der Waals surface area (Å²) in [6.07, 6.45) is 2.10.